The Kier molecular flexibility index (Phi) is 1.86. The van der Waals surface area contributed by atoms with Crippen molar-refractivity contribution in [3.63, 3.8) is 0 Å². The molecule has 0 amide bonds. The summed E-state index contributed by atoms with van der Waals surface area (Å²) < 4.78 is 1.85. The van der Waals surface area contributed by atoms with Crippen LogP contribution in [-0.4, -0.2) is 22.1 Å². The second-order valence-corrected chi connectivity index (χ2v) is 5.01. The predicted molar refractivity (Wildman–Crippen MR) is 73.2 cm³/mol. The number of nitrogens with zero attached hydrogens (tertiary/aromatic N) is 2. The first-order valence-corrected chi connectivity index (χ1v) is 6.33. The number of ketones is 1. The number of anilines is 1. The van der Waals surface area contributed by atoms with Crippen LogP contribution in [0.15, 0.2) is 29.8 Å². The Morgan fingerprint density at radius 2 is 2.00 bits per heavy atom. The van der Waals surface area contributed by atoms with Crippen LogP contribution in [0.1, 0.15) is 27.2 Å². The number of nitrogens with one attached hydrogen (secondary N) is 1. The van der Waals surface area contributed by atoms with Crippen LogP contribution >= 0.6 is 0 Å². The normalized spacial score (nSPS) is 16.0. The second-order valence-electron chi connectivity index (χ2n) is 5.01. The van der Waals surface area contributed by atoms with Gasteiger partial charge in [-0.2, -0.15) is 5.10 Å². The van der Waals surface area contributed by atoms with Gasteiger partial charge in [-0.3, -0.25) is 9.48 Å². The van der Waals surface area contributed by atoms with Gasteiger partial charge in [0.05, 0.1) is 5.69 Å². The average Bonchev–Trinajstić information content (AvgIpc) is 2.87. The Morgan fingerprint density at radius 1 is 1.26 bits per heavy atom. The Balaban J connectivity index is 2.08. The number of hydrogen-bond acceptors (Lipinski definition) is 3. The van der Waals surface area contributed by atoms with Gasteiger partial charge in [0, 0.05) is 35.9 Å². The molecule has 2 heterocycles. The lowest BCUT2D eigenvalue weighted by molar-refractivity contribution is 0.103. The topological polar surface area (TPSA) is 46.9 Å². The maximum Gasteiger partial charge on any atom is 0.192 e. The first kappa shape index (κ1) is 10.6. The van der Waals surface area contributed by atoms with Crippen LogP contribution in [0.5, 0.6) is 0 Å². The van der Waals surface area contributed by atoms with E-state index >= 15 is 0 Å². The van der Waals surface area contributed by atoms with E-state index < -0.39 is 0 Å². The van der Waals surface area contributed by atoms with E-state index in [0.717, 1.165) is 39.3 Å². The van der Waals surface area contributed by atoms with Crippen LogP contribution in [0.25, 0.3) is 5.57 Å². The molecule has 0 fully saturated rings. The standard InChI is InChI=1S/C15H13N3O/c1-8-12-13-9-5-3-4-6-10(9)14(19)11(13)7-16-15(12)18(2)17-8/h3-6,16H,7H2,1-2H3. The summed E-state index contributed by atoms with van der Waals surface area (Å²) in [6.07, 6.45) is 0. The third-order valence-electron chi connectivity index (χ3n) is 3.92. The number of carbonyl (C=O) groups is 1. The van der Waals surface area contributed by atoms with Crippen LogP contribution < -0.4 is 5.32 Å². The van der Waals surface area contributed by atoms with Gasteiger partial charge in [-0.25, -0.2) is 0 Å². The fourth-order valence-electron chi connectivity index (χ4n) is 3.12. The molecule has 19 heavy (non-hydrogen) atoms. The number of aryl methyl sites for hydroxylation is 2. The third kappa shape index (κ3) is 1.18. The molecule has 2 aromatic rings. The molecule has 0 bridgehead atoms. The number of hydrogen-bond donors (Lipinski definition) is 1. The lowest BCUT2D eigenvalue weighted by atomic mass is 9.95. The molecule has 0 atom stereocenters. The van der Waals surface area contributed by atoms with Crippen molar-refractivity contribution in [3.8, 4) is 0 Å². The van der Waals surface area contributed by atoms with Crippen LogP contribution in [0.2, 0.25) is 0 Å². The molecule has 0 saturated carbocycles. The Bertz CT molecular complexity index is 768. The molecule has 4 rings (SSSR count). The Hall–Kier alpha value is -2.36. The number of carbonyl (C=O) groups excluding carboxylic acids is 1. The minimum Gasteiger partial charge on any atom is -0.366 e. The van der Waals surface area contributed by atoms with Gasteiger partial charge in [-0.15, -0.1) is 0 Å². The molecular weight excluding hydrogens is 238 g/mol. The van der Waals surface area contributed by atoms with Crippen molar-refractivity contribution in [2.75, 3.05) is 11.9 Å². The van der Waals surface area contributed by atoms with Gasteiger partial charge >= 0.3 is 0 Å². The smallest absolute Gasteiger partial charge is 0.192 e. The van der Waals surface area contributed by atoms with Crippen molar-refractivity contribution in [2.24, 2.45) is 7.05 Å². The zero-order valence-corrected chi connectivity index (χ0v) is 10.8. The van der Waals surface area contributed by atoms with E-state index in [0.29, 0.717) is 6.54 Å². The third-order valence-corrected chi connectivity index (χ3v) is 3.92. The van der Waals surface area contributed by atoms with Gasteiger partial charge in [0.1, 0.15) is 5.82 Å². The van der Waals surface area contributed by atoms with Gasteiger partial charge < -0.3 is 5.32 Å². The van der Waals surface area contributed by atoms with Crippen LogP contribution in [0, 0.1) is 6.92 Å². The number of rotatable bonds is 0. The molecule has 1 aliphatic heterocycles. The van der Waals surface area contributed by atoms with E-state index in [1.807, 2.05) is 42.9 Å². The van der Waals surface area contributed by atoms with Gasteiger partial charge in [-0.1, -0.05) is 24.3 Å². The first-order valence-electron chi connectivity index (χ1n) is 6.33. The summed E-state index contributed by atoms with van der Waals surface area (Å²) in [5, 5.41) is 7.77. The van der Waals surface area contributed by atoms with Gasteiger partial charge in [0.15, 0.2) is 5.78 Å². The highest BCUT2D eigenvalue weighted by atomic mass is 16.1. The minimum absolute atomic E-state index is 0.145. The van der Waals surface area contributed by atoms with Crippen molar-refractivity contribution in [1.82, 2.24) is 9.78 Å². The summed E-state index contributed by atoms with van der Waals surface area (Å²) in [6.45, 7) is 2.57. The quantitative estimate of drug-likeness (QED) is 0.780. The zero-order valence-electron chi connectivity index (χ0n) is 10.8. The van der Waals surface area contributed by atoms with Crippen LogP contribution in [-0.2, 0) is 7.05 Å². The molecule has 1 aromatic heterocycles. The van der Waals surface area contributed by atoms with Crippen LogP contribution in [0.4, 0.5) is 5.82 Å². The summed E-state index contributed by atoms with van der Waals surface area (Å²) >= 11 is 0. The summed E-state index contributed by atoms with van der Waals surface area (Å²) in [5.41, 5.74) is 5.82. The first-order chi connectivity index (χ1) is 9.18. The molecule has 4 heteroatoms. The monoisotopic (exact) mass is 251 g/mol. The second kappa shape index (κ2) is 3.35. The average molecular weight is 251 g/mol. The summed E-state index contributed by atoms with van der Waals surface area (Å²) in [7, 11) is 1.92. The minimum atomic E-state index is 0.145. The maximum absolute atomic E-state index is 12.4. The van der Waals surface area contributed by atoms with E-state index in [-0.39, 0.29) is 5.78 Å². The molecule has 0 radical (unpaired) electrons. The Morgan fingerprint density at radius 3 is 2.79 bits per heavy atom. The van der Waals surface area contributed by atoms with E-state index in [2.05, 4.69) is 10.4 Å². The lowest BCUT2D eigenvalue weighted by Gasteiger charge is -2.18. The van der Waals surface area contributed by atoms with E-state index in [1.54, 1.807) is 0 Å². The van der Waals surface area contributed by atoms with Gasteiger partial charge in [0.2, 0.25) is 0 Å². The molecule has 4 nitrogen and oxygen atoms in total. The molecule has 94 valence electrons. The highest BCUT2D eigenvalue weighted by Crippen LogP contribution is 2.43. The fraction of sp³-hybridized carbons (Fsp3) is 0.200. The fourth-order valence-corrected chi connectivity index (χ4v) is 3.12. The van der Waals surface area contributed by atoms with Crippen molar-refractivity contribution < 1.29 is 4.79 Å². The van der Waals surface area contributed by atoms with Crippen molar-refractivity contribution in [1.29, 1.82) is 0 Å². The van der Waals surface area contributed by atoms with Crippen LogP contribution in [0.3, 0.4) is 0 Å². The van der Waals surface area contributed by atoms with E-state index in [4.69, 9.17) is 0 Å². The van der Waals surface area contributed by atoms with Crippen molar-refractivity contribution in [3.05, 3.63) is 52.2 Å². The van der Waals surface area contributed by atoms with E-state index in [1.165, 1.54) is 0 Å². The van der Waals surface area contributed by atoms with Crippen molar-refractivity contribution in [2.45, 2.75) is 6.92 Å². The molecule has 0 saturated heterocycles. The molecule has 1 N–H and O–H groups in total. The van der Waals surface area contributed by atoms with Gasteiger partial charge in [-0.05, 0) is 12.5 Å². The molecule has 1 aromatic carbocycles. The SMILES string of the molecule is Cc1nn(C)c2c1C1=C(CN2)C(=O)c2ccccc21. The highest BCUT2D eigenvalue weighted by molar-refractivity contribution is 6.24. The number of benzene rings is 1. The lowest BCUT2D eigenvalue weighted by Crippen LogP contribution is -2.17. The number of fused-ring (bicyclic) bond motifs is 4. The predicted octanol–water partition coefficient (Wildman–Crippen LogP) is 2.15. The molecular formula is C15H13N3O. The summed E-state index contributed by atoms with van der Waals surface area (Å²) in [6, 6.07) is 7.83. The highest BCUT2D eigenvalue weighted by Gasteiger charge is 2.35. The molecule has 0 spiro atoms. The summed E-state index contributed by atoms with van der Waals surface area (Å²) in [4.78, 5) is 12.4. The molecule has 1 aliphatic carbocycles. The number of aromatic nitrogens is 2. The largest absolute Gasteiger partial charge is 0.366 e. The maximum atomic E-state index is 12.4. The summed E-state index contributed by atoms with van der Waals surface area (Å²) in [5.74, 6) is 1.15. The molecule has 0 unspecified atom stereocenters. The van der Waals surface area contributed by atoms with Crippen molar-refractivity contribution >= 4 is 17.2 Å². The molecule has 2 aliphatic rings. The zero-order chi connectivity index (χ0) is 13.1. The number of Topliss-reactive ketones (excluding diaryl/α,β-unsaturated/α-hetero) is 1. The van der Waals surface area contributed by atoms with Gasteiger partial charge in [0.25, 0.3) is 0 Å². The Labute approximate surface area is 110 Å². The van der Waals surface area contributed by atoms with E-state index in [9.17, 15) is 4.79 Å².